The maximum absolute atomic E-state index is 5.75. The number of rotatable bonds is 3. The monoisotopic (exact) mass is 270 g/mol. The predicted molar refractivity (Wildman–Crippen MR) is 61.5 cm³/mol. The van der Waals surface area contributed by atoms with Crippen LogP contribution >= 0.6 is 15.9 Å². The molecular formula is C9H11BrN4O. The molecule has 0 unspecified atom stereocenters. The van der Waals surface area contributed by atoms with Gasteiger partial charge >= 0.3 is 0 Å². The number of ether oxygens (including phenoxy) is 1. The van der Waals surface area contributed by atoms with E-state index in [2.05, 4.69) is 26.0 Å². The summed E-state index contributed by atoms with van der Waals surface area (Å²) in [7, 11) is 1.66. The highest BCUT2D eigenvalue weighted by Gasteiger charge is 2.09. The van der Waals surface area contributed by atoms with E-state index in [1.807, 2.05) is 4.68 Å². The Morgan fingerprint density at radius 3 is 3.07 bits per heavy atom. The van der Waals surface area contributed by atoms with Crippen molar-refractivity contribution in [1.82, 2.24) is 14.8 Å². The number of aromatic nitrogens is 3. The Morgan fingerprint density at radius 2 is 2.33 bits per heavy atom. The van der Waals surface area contributed by atoms with Gasteiger partial charge in [0.2, 0.25) is 0 Å². The highest BCUT2D eigenvalue weighted by Crippen LogP contribution is 2.26. The van der Waals surface area contributed by atoms with Gasteiger partial charge in [0, 0.05) is 13.3 Å². The Hall–Kier alpha value is -1.14. The van der Waals surface area contributed by atoms with Gasteiger partial charge in [-0.2, -0.15) is 5.10 Å². The third-order valence-electron chi connectivity index (χ3n) is 2.17. The molecular weight excluding hydrogens is 260 g/mol. The fourth-order valence-electron chi connectivity index (χ4n) is 1.43. The highest BCUT2D eigenvalue weighted by atomic mass is 79.9. The van der Waals surface area contributed by atoms with Gasteiger partial charge in [-0.1, -0.05) is 0 Å². The summed E-state index contributed by atoms with van der Waals surface area (Å²) in [6.45, 7) is 1.31. The lowest BCUT2D eigenvalue weighted by atomic mass is 10.3. The van der Waals surface area contributed by atoms with Crippen LogP contribution in [-0.2, 0) is 11.3 Å². The first-order chi connectivity index (χ1) is 7.24. The molecule has 0 aliphatic heterocycles. The zero-order chi connectivity index (χ0) is 10.8. The number of hydrogen-bond acceptors (Lipinski definition) is 4. The van der Waals surface area contributed by atoms with Gasteiger partial charge in [-0.05, 0) is 15.9 Å². The minimum atomic E-state index is 0.497. The lowest BCUT2D eigenvalue weighted by molar-refractivity contribution is 0.185. The van der Waals surface area contributed by atoms with Crippen LogP contribution in [0.25, 0.3) is 10.9 Å². The lowest BCUT2D eigenvalue weighted by Gasteiger charge is -2.04. The van der Waals surface area contributed by atoms with Crippen LogP contribution in [0.3, 0.4) is 0 Å². The molecule has 0 saturated carbocycles. The van der Waals surface area contributed by atoms with Crippen LogP contribution in [0.1, 0.15) is 0 Å². The van der Waals surface area contributed by atoms with E-state index in [1.165, 1.54) is 0 Å². The maximum atomic E-state index is 5.75. The number of pyridine rings is 1. The molecule has 0 atom stereocenters. The Labute approximate surface area is 95.4 Å². The van der Waals surface area contributed by atoms with Gasteiger partial charge in [-0.15, -0.1) is 0 Å². The van der Waals surface area contributed by atoms with Gasteiger partial charge in [-0.3, -0.25) is 4.68 Å². The molecule has 0 spiro atoms. The number of nitrogen functional groups attached to an aromatic ring is 1. The topological polar surface area (TPSA) is 66.0 Å². The molecule has 80 valence electrons. The maximum Gasteiger partial charge on any atom is 0.134 e. The Morgan fingerprint density at radius 1 is 1.53 bits per heavy atom. The van der Waals surface area contributed by atoms with Crippen LogP contribution in [0.15, 0.2) is 16.9 Å². The fraction of sp³-hybridized carbons (Fsp3) is 0.333. The summed E-state index contributed by atoms with van der Waals surface area (Å²) in [5.74, 6) is 0.497. The second-order valence-corrected chi connectivity index (χ2v) is 3.97. The van der Waals surface area contributed by atoms with E-state index < -0.39 is 0 Å². The molecule has 15 heavy (non-hydrogen) atoms. The van der Waals surface area contributed by atoms with Crippen molar-refractivity contribution in [1.29, 1.82) is 0 Å². The number of halogens is 1. The molecule has 0 aliphatic carbocycles. The molecule has 0 aliphatic rings. The molecule has 2 aromatic rings. The average Bonchev–Trinajstić information content (AvgIpc) is 2.65. The van der Waals surface area contributed by atoms with Crippen LogP contribution in [0.5, 0.6) is 0 Å². The van der Waals surface area contributed by atoms with E-state index in [9.17, 15) is 0 Å². The van der Waals surface area contributed by atoms with Gasteiger partial charge in [0.05, 0.1) is 34.7 Å². The quantitative estimate of drug-likeness (QED) is 0.916. The number of nitrogens with two attached hydrogens (primary N) is 1. The van der Waals surface area contributed by atoms with E-state index in [4.69, 9.17) is 10.5 Å². The van der Waals surface area contributed by atoms with Crippen LogP contribution in [0, 0.1) is 0 Å². The molecule has 0 radical (unpaired) electrons. The third kappa shape index (κ3) is 1.82. The second-order valence-electron chi connectivity index (χ2n) is 3.11. The normalized spacial score (nSPS) is 11.1. The summed E-state index contributed by atoms with van der Waals surface area (Å²) in [6, 6.07) is 0. The molecule has 2 rings (SSSR count). The van der Waals surface area contributed by atoms with Crippen molar-refractivity contribution in [3.63, 3.8) is 0 Å². The number of anilines is 1. The number of methoxy groups -OCH3 is 1. The lowest BCUT2D eigenvalue weighted by Crippen LogP contribution is -2.06. The SMILES string of the molecule is COCCn1ncc2c(N)ncc(Br)c21. The van der Waals surface area contributed by atoms with Crippen molar-refractivity contribution < 1.29 is 4.74 Å². The Kier molecular flexibility index (Phi) is 2.88. The molecule has 0 bridgehead atoms. The number of nitrogens with zero attached hydrogens (tertiary/aromatic N) is 3. The van der Waals surface area contributed by atoms with Gasteiger partial charge < -0.3 is 10.5 Å². The van der Waals surface area contributed by atoms with Crippen LogP contribution in [-0.4, -0.2) is 28.5 Å². The molecule has 6 heteroatoms. The third-order valence-corrected chi connectivity index (χ3v) is 2.75. The standard InChI is InChI=1S/C9H11BrN4O/c1-15-3-2-14-8-6(4-13-14)9(11)12-5-7(8)10/h4-5H,2-3H2,1H3,(H2,11,12). The van der Waals surface area contributed by atoms with Gasteiger partial charge in [0.15, 0.2) is 0 Å². The minimum absolute atomic E-state index is 0.497. The van der Waals surface area contributed by atoms with Crippen LogP contribution in [0.4, 0.5) is 5.82 Å². The molecule has 2 heterocycles. The first-order valence-electron chi connectivity index (χ1n) is 4.48. The van der Waals surface area contributed by atoms with E-state index in [1.54, 1.807) is 19.5 Å². The molecule has 0 saturated heterocycles. The molecule has 0 aromatic carbocycles. The van der Waals surface area contributed by atoms with E-state index in [-0.39, 0.29) is 0 Å². The van der Waals surface area contributed by atoms with Crippen molar-refractivity contribution in [3.8, 4) is 0 Å². The molecule has 2 N–H and O–H groups in total. The average molecular weight is 271 g/mol. The highest BCUT2D eigenvalue weighted by molar-refractivity contribution is 9.10. The number of fused-ring (bicyclic) bond motifs is 1. The Balaban J connectivity index is 2.53. The first-order valence-corrected chi connectivity index (χ1v) is 5.27. The largest absolute Gasteiger partial charge is 0.383 e. The molecule has 0 fully saturated rings. The van der Waals surface area contributed by atoms with Crippen molar-refractivity contribution in [2.75, 3.05) is 19.5 Å². The van der Waals surface area contributed by atoms with Crippen molar-refractivity contribution in [2.45, 2.75) is 6.54 Å². The van der Waals surface area contributed by atoms with Crippen LogP contribution < -0.4 is 5.73 Å². The van der Waals surface area contributed by atoms with E-state index in [0.29, 0.717) is 19.0 Å². The van der Waals surface area contributed by atoms with Gasteiger partial charge in [-0.25, -0.2) is 4.98 Å². The summed E-state index contributed by atoms with van der Waals surface area (Å²) in [4.78, 5) is 4.05. The van der Waals surface area contributed by atoms with Gasteiger partial charge in [0.1, 0.15) is 5.82 Å². The minimum Gasteiger partial charge on any atom is -0.383 e. The number of hydrogen-bond donors (Lipinski definition) is 1. The molecule has 2 aromatic heterocycles. The fourth-order valence-corrected chi connectivity index (χ4v) is 1.95. The molecule has 5 nitrogen and oxygen atoms in total. The predicted octanol–water partition coefficient (Wildman–Crippen LogP) is 1.42. The van der Waals surface area contributed by atoms with Crippen molar-refractivity contribution in [2.24, 2.45) is 0 Å². The zero-order valence-corrected chi connectivity index (χ0v) is 9.86. The summed E-state index contributed by atoms with van der Waals surface area (Å²) < 4.78 is 7.75. The summed E-state index contributed by atoms with van der Waals surface area (Å²) in [5.41, 5.74) is 6.71. The van der Waals surface area contributed by atoms with Crippen molar-refractivity contribution >= 4 is 32.7 Å². The smallest absolute Gasteiger partial charge is 0.134 e. The Bertz CT molecular complexity index is 482. The van der Waals surface area contributed by atoms with E-state index >= 15 is 0 Å². The summed E-state index contributed by atoms with van der Waals surface area (Å²) in [5, 5.41) is 5.10. The first kappa shape index (κ1) is 10.4. The van der Waals surface area contributed by atoms with Crippen molar-refractivity contribution in [3.05, 3.63) is 16.9 Å². The summed E-state index contributed by atoms with van der Waals surface area (Å²) >= 11 is 3.43. The summed E-state index contributed by atoms with van der Waals surface area (Å²) in [6.07, 6.45) is 3.40. The second kappa shape index (κ2) is 4.16. The molecule has 0 amide bonds. The van der Waals surface area contributed by atoms with Crippen LogP contribution in [0.2, 0.25) is 0 Å². The zero-order valence-electron chi connectivity index (χ0n) is 8.27. The van der Waals surface area contributed by atoms with Gasteiger partial charge in [0.25, 0.3) is 0 Å². The van der Waals surface area contributed by atoms with E-state index in [0.717, 1.165) is 15.4 Å².